The van der Waals surface area contributed by atoms with Crippen molar-refractivity contribution in [2.24, 2.45) is 5.73 Å². The van der Waals surface area contributed by atoms with E-state index in [9.17, 15) is 9.90 Å². The number of rotatable bonds is 6. The number of aromatic hydroxyl groups is 1. The summed E-state index contributed by atoms with van der Waals surface area (Å²) in [4.78, 5) is 13.5. The highest BCUT2D eigenvalue weighted by atomic mass is 16.3. The average molecular weight is 530 g/mol. The fraction of sp³-hybridized carbons (Fsp3) is 0.333. The Balaban J connectivity index is 0.00000100. The molecule has 206 valence electrons. The van der Waals surface area contributed by atoms with Crippen molar-refractivity contribution >= 4 is 17.4 Å². The molecule has 0 unspecified atom stereocenters. The van der Waals surface area contributed by atoms with Crippen molar-refractivity contribution in [3.8, 4) is 28.1 Å². The lowest BCUT2D eigenvalue weighted by molar-refractivity contribution is -0.117. The lowest BCUT2D eigenvalue weighted by Crippen LogP contribution is -2.34. The fourth-order valence-corrected chi connectivity index (χ4v) is 4.55. The minimum Gasteiger partial charge on any atom is -0.507 e. The zero-order chi connectivity index (χ0) is 28.4. The first-order valence-corrected chi connectivity index (χ1v) is 13.6. The zero-order valence-electron chi connectivity index (χ0n) is 23.2. The smallest absolute Gasteiger partial charge is 0.221 e. The highest BCUT2D eigenvalue weighted by Crippen LogP contribution is 2.33. The van der Waals surface area contributed by atoms with Crippen molar-refractivity contribution in [2.45, 2.75) is 53.0 Å². The normalized spacial score (nSPS) is 13.1. The van der Waals surface area contributed by atoms with Crippen LogP contribution in [0.5, 0.6) is 5.75 Å². The lowest BCUT2D eigenvalue weighted by Gasteiger charge is -2.33. The van der Waals surface area contributed by atoms with Crippen molar-refractivity contribution in [3.63, 3.8) is 0 Å². The van der Waals surface area contributed by atoms with E-state index in [1.165, 1.54) is 0 Å². The van der Waals surface area contributed by atoms with E-state index >= 15 is 0 Å². The molecule has 0 saturated carbocycles. The quantitative estimate of drug-likeness (QED) is 0.312. The summed E-state index contributed by atoms with van der Waals surface area (Å²) in [5.74, 6) is 0.136. The van der Waals surface area contributed by atoms with Gasteiger partial charge >= 0.3 is 0 Å². The number of anilines is 2. The summed E-state index contributed by atoms with van der Waals surface area (Å²) in [5, 5.41) is 23.1. The number of hydrogen-bond donors (Lipinski definition) is 3. The maximum atomic E-state index is 11.1. The van der Waals surface area contributed by atoms with Gasteiger partial charge in [0.25, 0.3) is 0 Å². The van der Waals surface area contributed by atoms with Crippen LogP contribution in [-0.4, -0.2) is 44.1 Å². The standard InChI is InChI=1S/C26H27N7O2.2C2H6/c27-25(35)13-17-5-7-19(8-6-17)32-11-9-20(10-12-32)33-16-18(15-29-33)22-14-23(30-31-26(22)28)21-3-1-2-4-24(21)34;2*1-2/h1-8,14-16,20,34H,9-13H2,(H2,27,35)(H2,28,31);2*1-2H3. The predicted octanol–water partition coefficient (Wildman–Crippen LogP) is 5.22. The molecule has 5 N–H and O–H groups in total. The molecule has 9 nitrogen and oxygen atoms in total. The molecule has 0 atom stereocenters. The third-order valence-electron chi connectivity index (χ3n) is 6.43. The third kappa shape index (κ3) is 7.13. The lowest BCUT2D eigenvalue weighted by atomic mass is 10.0. The van der Waals surface area contributed by atoms with Crippen LogP contribution in [-0.2, 0) is 11.2 Å². The van der Waals surface area contributed by atoms with Gasteiger partial charge in [-0.1, -0.05) is 52.0 Å². The highest BCUT2D eigenvalue weighted by molar-refractivity contribution is 5.78. The Morgan fingerprint density at radius 2 is 1.64 bits per heavy atom. The van der Waals surface area contributed by atoms with Crippen LogP contribution in [0.2, 0.25) is 0 Å². The number of amides is 1. The van der Waals surface area contributed by atoms with Crippen LogP contribution in [0.1, 0.15) is 52.1 Å². The van der Waals surface area contributed by atoms with E-state index in [-0.39, 0.29) is 24.1 Å². The first kappa shape index (κ1) is 29.2. The number of benzene rings is 2. The number of piperidine rings is 1. The van der Waals surface area contributed by atoms with Gasteiger partial charge in [-0.25, -0.2) is 0 Å². The molecule has 3 heterocycles. The van der Waals surface area contributed by atoms with E-state index in [2.05, 4.69) is 20.2 Å². The number of phenols is 1. The molecule has 4 aromatic rings. The van der Waals surface area contributed by atoms with Crippen molar-refractivity contribution in [1.82, 2.24) is 20.0 Å². The summed E-state index contributed by atoms with van der Waals surface area (Å²) in [5.41, 5.74) is 16.2. The van der Waals surface area contributed by atoms with Crippen LogP contribution < -0.4 is 16.4 Å². The molecule has 0 spiro atoms. The number of carbonyl (C=O) groups excluding carboxylic acids is 1. The van der Waals surface area contributed by atoms with E-state index < -0.39 is 0 Å². The van der Waals surface area contributed by atoms with Gasteiger partial charge in [0.1, 0.15) is 5.75 Å². The second-order valence-corrected chi connectivity index (χ2v) is 8.78. The van der Waals surface area contributed by atoms with E-state index in [1.54, 1.807) is 24.4 Å². The molecule has 1 aliphatic rings. The number of primary amides is 1. The zero-order valence-corrected chi connectivity index (χ0v) is 23.2. The largest absolute Gasteiger partial charge is 0.507 e. The van der Waals surface area contributed by atoms with E-state index in [0.29, 0.717) is 17.1 Å². The molecule has 1 aliphatic heterocycles. The maximum Gasteiger partial charge on any atom is 0.221 e. The van der Waals surface area contributed by atoms with Crippen LogP contribution in [0.15, 0.2) is 67.0 Å². The molecule has 2 aromatic heterocycles. The molecule has 39 heavy (non-hydrogen) atoms. The SMILES string of the molecule is CC.CC.NC(=O)Cc1ccc(N2CCC(n3cc(-c4cc(-c5ccccc5O)nnc4N)cn3)CC2)cc1. The van der Waals surface area contributed by atoms with Gasteiger partial charge in [-0.15, -0.1) is 10.2 Å². The summed E-state index contributed by atoms with van der Waals surface area (Å²) < 4.78 is 2.00. The van der Waals surface area contributed by atoms with Crippen molar-refractivity contribution in [1.29, 1.82) is 0 Å². The molecule has 1 amide bonds. The molecule has 0 radical (unpaired) electrons. The number of nitrogens with two attached hydrogens (primary N) is 2. The molecular formula is C30H39N7O2. The Hall–Kier alpha value is -4.40. The molecule has 0 bridgehead atoms. The van der Waals surface area contributed by atoms with Gasteiger partial charge in [-0.2, -0.15) is 5.10 Å². The third-order valence-corrected chi connectivity index (χ3v) is 6.43. The highest BCUT2D eigenvalue weighted by Gasteiger charge is 2.22. The van der Waals surface area contributed by atoms with E-state index in [4.69, 9.17) is 11.5 Å². The number of nitrogen functional groups attached to an aromatic ring is 1. The molecule has 1 saturated heterocycles. The summed E-state index contributed by atoms with van der Waals surface area (Å²) in [6.07, 6.45) is 5.97. The number of para-hydroxylation sites is 1. The molecule has 9 heteroatoms. The summed E-state index contributed by atoms with van der Waals surface area (Å²) in [7, 11) is 0. The Kier molecular flexibility index (Phi) is 10.4. The Morgan fingerprint density at radius 1 is 0.974 bits per heavy atom. The Labute approximate surface area is 230 Å². The van der Waals surface area contributed by atoms with Gasteiger partial charge in [-0.05, 0) is 48.7 Å². The van der Waals surface area contributed by atoms with Gasteiger partial charge < -0.3 is 21.5 Å². The second-order valence-electron chi connectivity index (χ2n) is 8.78. The summed E-state index contributed by atoms with van der Waals surface area (Å²) >= 11 is 0. The van der Waals surface area contributed by atoms with Gasteiger partial charge in [0.15, 0.2) is 5.82 Å². The second kappa shape index (κ2) is 13.9. The van der Waals surface area contributed by atoms with Crippen molar-refractivity contribution in [3.05, 3.63) is 72.6 Å². The van der Waals surface area contributed by atoms with E-state index in [0.717, 1.165) is 48.3 Å². The minimum atomic E-state index is -0.323. The number of aromatic nitrogens is 4. The van der Waals surface area contributed by atoms with Crippen molar-refractivity contribution in [2.75, 3.05) is 23.7 Å². The minimum absolute atomic E-state index is 0.141. The van der Waals surface area contributed by atoms with Crippen LogP contribution >= 0.6 is 0 Å². The van der Waals surface area contributed by atoms with Gasteiger partial charge in [0.05, 0.1) is 24.4 Å². The number of hydrogen-bond acceptors (Lipinski definition) is 7. The average Bonchev–Trinajstić information content (AvgIpc) is 3.46. The molecule has 5 rings (SSSR count). The Bertz CT molecular complexity index is 1340. The first-order valence-electron chi connectivity index (χ1n) is 13.6. The molecule has 0 aliphatic carbocycles. The van der Waals surface area contributed by atoms with Gasteiger partial charge in [0, 0.05) is 41.7 Å². The molecule has 1 fully saturated rings. The number of carbonyl (C=O) groups is 1. The maximum absolute atomic E-state index is 11.1. The van der Waals surface area contributed by atoms with Gasteiger partial charge in [0.2, 0.25) is 5.91 Å². The first-order chi connectivity index (χ1) is 19.0. The Morgan fingerprint density at radius 3 is 2.28 bits per heavy atom. The van der Waals surface area contributed by atoms with Crippen LogP contribution in [0.3, 0.4) is 0 Å². The summed E-state index contributed by atoms with van der Waals surface area (Å²) in [6.45, 7) is 9.82. The monoisotopic (exact) mass is 529 g/mol. The fourth-order valence-electron chi connectivity index (χ4n) is 4.55. The van der Waals surface area contributed by atoms with E-state index in [1.807, 2.05) is 75.0 Å². The molecule has 2 aromatic carbocycles. The van der Waals surface area contributed by atoms with Crippen LogP contribution in [0.4, 0.5) is 11.5 Å². The van der Waals surface area contributed by atoms with Crippen LogP contribution in [0, 0.1) is 0 Å². The predicted molar refractivity (Wildman–Crippen MR) is 157 cm³/mol. The number of nitrogens with zero attached hydrogens (tertiary/aromatic N) is 5. The van der Waals surface area contributed by atoms with Crippen molar-refractivity contribution < 1.29 is 9.90 Å². The van der Waals surface area contributed by atoms with Crippen LogP contribution in [0.25, 0.3) is 22.4 Å². The number of phenolic OH excluding ortho intramolecular Hbond substituents is 1. The van der Waals surface area contributed by atoms with Gasteiger partial charge in [-0.3, -0.25) is 9.48 Å². The summed E-state index contributed by atoms with van der Waals surface area (Å²) in [6, 6.07) is 17.1. The molecular weight excluding hydrogens is 490 g/mol. The topological polar surface area (TPSA) is 136 Å².